The number of aryl methyl sites for hydroxylation is 1. The van der Waals surface area contributed by atoms with Gasteiger partial charge in [-0.25, -0.2) is 4.99 Å². The van der Waals surface area contributed by atoms with E-state index >= 15 is 0 Å². The molecule has 4 nitrogen and oxygen atoms in total. The van der Waals surface area contributed by atoms with Gasteiger partial charge in [-0.2, -0.15) is 0 Å². The Balaban J connectivity index is 2.08. The topological polar surface area (TPSA) is 54.6 Å². The third-order valence-electron chi connectivity index (χ3n) is 4.69. The number of carbonyl (C=O) groups is 1. The van der Waals surface area contributed by atoms with Crippen LogP contribution in [0.4, 0.5) is 5.69 Å². The molecule has 0 unspecified atom stereocenters. The zero-order valence-electron chi connectivity index (χ0n) is 15.8. The summed E-state index contributed by atoms with van der Waals surface area (Å²) in [6.45, 7) is 3.41. The first kappa shape index (κ1) is 17.7. The molecule has 0 bridgehead atoms. The Morgan fingerprint density at radius 1 is 0.929 bits per heavy atom. The number of aromatic nitrogens is 1. The van der Waals surface area contributed by atoms with Crippen LogP contribution in [0.5, 0.6) is 5.88 Å². The molecule has 0 spiro atoms. The molecule has 0 radical (unpaired) electrons. The van der Waals surface area contributed by atoms with Crippen molar-refractivity contribution < 1.29 is 9.90 Å². The monoisotopic (exact) mass is 368 g/mol. The van der Waals surface area contributed by atoms with Crippen LogP contribution in [0.1, 0.15) is 28.4 Å². The SMILES string of the molecule is CC(=O)n1c(O)c(C(=Nc2ccccc2)c2ccccc2)c2ccc(C)cc21. The summed E-state index contributed by atoms with van der Waals surface area (Å²) in [7, 11) is 0. The van der Waals surface area contributed by atoms with Gasteiger partial charge < -0.3 is 5.11 Å². The second-order valence-corrected chi connectivity index (χ2v) is 6.74. The molecule has 138 valence electrons. The van der Waals surface area contributed by atoms with Crippen LogP contribution in [0.25, 0.3) is 10.9 Å². The van der Waals surface area contributed by atoms with E-state index in [9.17, 15) is 9.90 Å². The highest BCUT2D eigenvalue weighted by Crippen LogP contribution is 2.35. The van der Waals surface area contributed by atoms with Gasteiger partial charge in [-0.15, -0.1) is 0 Å². The van der Waals surface area contributed by atoms with Gasteiger partial charge in [0.25, 0.3) is 0 Å². The van der Waals surface area contributed by atoms with Crippen LogP contribution in [0.15, 0.2) is 83.9 Å². The van der Waals surface area contributed by atoms with Crippen molar-refractivity contribution in [2.24, 2.45) is 4.99 Å². The predicted molar refractivity (Wildman–Crippen MR) is 113 cm³/mol. The van der Waals surface area contributed by atoms with E-state index in [1.165, 1.54) is 11.5 Å². The summed E-state index contributed by atoms with van der Waals surface area (Å²) in [5.41, 5.74) is 4.51. The molecule has 0 saturated carbocycles. The maximum Gasteiger partial charge on any atom is 0.230 e. The van der Waals surface area contributed by atoms with E-state index in [2.05, 4.69) is 0 Å². The highest BCUT2D eigenvalue weighted by atomic mass is 16.3. The number of aliphatic imine (C=N–C) groups is 1. The summed E-state index contributed by atoms with van der Waals surface area (Å²) in [5, 5.41) is 11.8. The molecule has 0 aliphatic rings. The average molecular weight is 368 g/mol. The third kappa shape index (κ3) is 3.09. The maximum atomic E-state index is 12.3. The van der Waals surface area contributed by atoms with Crippen LogP contribution in [0, 0.1) is 6.92 Å². The van der Waals surface area contributed by atoms with Gasteiger partial charge in [-0.3, -0.25) is 9.36 Å². The van der Waals surface area contributed by atoms with Crippen molar-refractivity contribution in [3.63, 3.8) is 0 Å². The Labute approximate surface area is 163 Å². The van der Waals surface area contributed by atoms with E-state index in [0.29, 0.717) is 16.8 Å². The lowest BCUT2D eigenvalue weighted by molar-refractivity contribution is 0.0933. The number of carbonyl (C=O) groups excluding carboxylic acids is 1. The molecule has 4 rings (SSSR count). The second kappa shape index (κ2) is 7.16. The minimum Gasteiger partial charge on any atom is -0.494 e. The maximum absolute atomic E-state index is 12.3. The summed E-state index contributed by atoms with van der Waals surface area (Å²) in [5.74, 6) is -0.335. The number of aromatic hydroxyl groups is 1. The Kier molecular flexibility index (Phi) is 4.53. The van der Waals surface area contributed by atoms with E-state index in [-0.39, 0.29) is 11.8 Å². The van der Waals surface area contributed by atoms with E-state index in [0.717, 1.165) is 22.2 Å². The van der Waals surface area contributed by atoms with E-state index in [1.54, 1.807) is 0 Å². The Morgan fingerprint density at radius 2 is 1.57 bits per heavy atom. The molecule has 4 heteroatoms. The van der Waals surface area contributed by atoms with Crippen LogP contribution >= 0.6 is 0 Å². The lowest BCUT2D eigenvalue weighted by atomic mass is 10.0. The summed E-state index contributed by atoms with van der Waals surface area (Å²) in [6.07, 6.45) is 0. The van der Waals surface area contributed by atoms with Gasteiger partial charge in [-0.05, 0) is 30.7 Å². The van der Waals surface area contributed by atoms with Crippen LogP contribution in [-0.2, 0) is 0 Å². The average Bonchev–Trinajstić information content (AvgIpc) is 2.98. The molecule has 0 saturated heterocycles. The van der Waals surface area contributed by atoms with Crippen molar-refractivity contribution in [1.82, 2.24) is 4.57 Å². The van der Waals surface area contributed by atoms with Gasteiger partial charge in [-0.1, -0.05) is 60.7 Å². The number of hydrogen-bond donors (Lipinski definition) is 1. The van der Waals surface area contributed by atoms with E-state index in [4.69, 9.17) is 4.99 Å². The lowest BCUT2D eigenvalue weighted by Gasteiger charge is -2.08. The molecular weight excluding hydrogens is 348 g/mol. The van der Waals surface area contributed by atoms with Gasteiger partial charge in [0.05, 0.1) is 22.5 Å². The molecule has 28 heavy (non-hydrogen) atoms. The number of nitrogens with zero attached hydrogens (tertiary/aromatic N) is 2. The summed E-state index contributed by atoms with van der Waals surface area (Å²) in [6, 6.07) is 25.1. The van der Waals surface area contributed by atoms with Gasteiger partial charge >= 0.3 is 0 Å². The van der Waals surface area contributed by atoms with Crippen LogP contribution < -0.4 is 0 Å². The fourth-order valence-corrected chi connectivity index (χ4v) is 3.43. The molecule has 0 atom stereocenters. The van der Waals surface area contributed by atoms with Crippen molar-refractivity contribution in [1.29, 1.82) is 0 Å². The minimum atomic E-state index is -0.244. The number of para-hydroxylation sites is 1. The molecular formula is C24H20N2O2. The first-order valence-corrected chi connectivity index (χ1v) is 9.11. The van der Waals surface area contributed by atoms with Crippen molar-refractivity contribution in [2.45, 2.75) is 13.8 Å². The van der Waals surface area contributed by atoms with Crippen molar-refractivity contribution in [3.05, 3.63) is 95.6 Å². The molecule has 0 aliphatic carbocycles. The zero-order valence-corrected chi connectivity index (χ0v) is 15.8. The van der Waals surface area contributed by atoms with Gasteiger partial charge in [0, 0.05) is 17.9 Å². The standard InChI is InChI=1S/C24H20N2O2/c1-16-13-14-20-21(15-16)26(17(2)27)24(28)22(20)23(18-9-5-3-6-10-18)25-19-11-7-4-8-12-19/h3-15,28H,1-2H3. The van der Waals surface area contributed by atoms with Crippen LogP contribution in [0.2, 0.25) is 0 Å². The smallest absolute Gasteiger partial charge is 0.230 e. The lowest BCUT2D eigenvalue weighted by Crippen LogP contribution is -2.06. The van der Waals surface area contributed by atoms with Gasteiger partial charge in [0.1, 0.15) is 0 Å². The normalized spacial score (nSPS) is 11.7. The first-order chi connectivity index (χ1) is 13.6. The number of fused-ring (bicyclic) bond motifs is 1. The molecule has 0 aliphatic heterocycles. The van der Waals surface area contributed by atoms with Crippen LogP contribution in [-0.4, -0.2) is 21.3 Å². The number of benzene rings is 3. The summed E-state index contributed by atoms with van der Waals surface area (Å²) >= 11 is 0. The largest absolute Gasteiger partial charge is 0.494 e. The third-order valence-corrected chi connectivity index (χ3v) is 4.69. The molecule has 4 aromatic rings. The molecule has 0 fully saturated rings. The van der Waals surface area contributed by atoms with Crippen molar-refractivity contribution >= 4 is 28.2 Å². The van der Waals surface area contributed by atoms with Crippen molar-refractivity contribution in [3.8, 4) is 5.88 Å². The highest BCUT2D eigenvalue weighted by molar-refractivity contribution is 6.23. The Bertz CT molecular complexity index is 1190. The quantitative estimate of drug-likeness (QED) is 0.487. The Hall–Kier alpha value is -3.66. The van der Waals surface area contributed by atoms with Gasteiger partial charge in [0.15, 0.2) is 0 Å². The number of rotatable bonds is 3. The number of hydrogen-bond acceptors (Lipinski definition) is 3. The Morgan fingerprint density at radius 3 is 2.21 bits per heavy atom. The first-order valence-electron chi connectivity index (χ1n) is 9.11. The fourth-order valence-electron chi connectivity index (χ4n) is 3.43. The second-order valence-electron chi connectivity index (χ2n) is 6.74. The fraction of sp³-hybridized carbons (Fsp3) is 0.0833. The van der Waals surface area contributed by atoms with Gasteiger partial charge in [0.2, 0.25) is 11.8 Å². The predicted octanol–water partition coefficient (Wildman–Crippen LogP) is 5.48. The summed E-state index contributed by atoms with van der Waals surface area (Å²) in [4.78, 5) is 17.1. The molecule has 0 amide bonds. The molecule has 1 heterocycles. The van der Waals surface area contributed by atoms with Crippen LogP contribution in [0.3, 0.4) is 0 Å². The molecule has 1 aromatic heterocycles. The zero-order chi connectivity index (χ0) is 19.7. The van der Waals surface area contributed by atoms with E-state index in [1.807, 2.05) is 85.8 Å². The summed E-state index contributed by atoms with van der Waals surface area (Å²) < 4.78 is 1.35. The van der Waals surface area contributed by atoms with E-state index < -0.39 is 0 Å². The molecule has 3 aromatic carbocycles. The highest BCUT2D eigenvalue weighted by Gasteiger charge is 2.24. The molecule has 1 N–H and O–H groups in total. The van der Waals surface area contributed by atoms with Crippen molar-refractivity contribution in [2.75, 3.05) is 0 Å². The minimum absolute atomic E-state index is 0.0911.